The minimum atomic E-state index is 0.0275. The van der Waals surface area contributed by atoms with Crippen molar-refractivity contribution in [1.29, 1.82) is 0 Å². The monoisotopic (exact) mass is 216 g/mol. The molecule has 2 aromatic heterocycles. The average Bonchev–Trinajstić information content (AvgIpc) is 2.58. The maximum absolute atomic E-state index is 11.7. The minimum absolute atomic E-state index is 0.0275. The Balaban J connectivity index is 2.69. The predicted octanol–water partition coefficient (Wildman–Crippen LogP) is 2.45. The molecule has 0 radical (unpaired) electrons. The number of hydrogen-bond acceptors (Lipinski definition) is 3. The molecule has 0 fully saturated rings. The van der Waals surface area contributed by atoms with Crippen LogP contribution in [0.15, 0.2) is 29.2 Å². The van der Waals surface area contributed by atoms with Crippen LogP contribution in [0.4, 0.5) is 0 Å². The van der Waals surface area contributed by atoms with Gasteiger partial charge in [-0.2, -0.15) is 0 Å². The van der Waals surface area contributed by atoms with E-state index in [9.17, 15) is 4.79 Å². The first-order valence-corrected chi connectivity index (χ1v) is 5.45. The third kappa shape index (κ3) is 1.18. The molecule has 2 heterocycles. The Morgan fingerprint density at radius 1 is 1.33 bits per heavy atom. The van der Waals surface area contributed by atoms with Crippen LogP contribution in [0.1, 0.15) is 5.01 Å². The molecule has 15 heavy (non-hydrogen) atoms. The van der Waals surface area contributed by atoms with Crippen LogP contribution in [0.5, 0.6) is 0 Å². The Bertz CT molecular complexity index is 711. The summed E-state index contributed by atoms with van der Waals surface area (Å²) >= 11 is 1.61. The highest BCUT2D eigenvalue weighted by atomic mass is 32.1. The van der Waals surface area contributed by atoms with Crippen molar-refractivity contribution in [2.75, 3.05) is 0 Å². The number of nitrogens with zero attached hydrogens (tertiary/aromatic N) is 1. The number of pyridine rings is 1. The second kappa shape index (κ2) is 2.90. The summed E-state index contributed by atoms with van der Waals surface area (Å²) in [5.74, 6) is 0. The number of aromatic amines is 1. The summed E-state index contributed by atoms with van der Waals surface area (Å²) in [6.07, 6.45) is 1.66. The fourth-order valence-electron chi connectivity index (χ4n) is 1.76. The van der Waals surface area contributed by atoms with Crippen molar-refractivity contribution < 1.29 is 0 Å². The van der Waals surface area contributed by atoms with Crippen molar-refractivity contribution in [3.63, 3.8) is 0 Å². The molecule has 0 unspecified atom stereocenters. The van der Waals surface area contributed by atoms with E-state index in [0.717, 1.165) is 20.7 Å². The molecular weight excluding hydrogens is 208 g/mol. The van der Waals surface area contributed by atoms with Gasteiger partial charge in [0.05, 0.1) is 26.1 Å². The Morgan fingerprint density at radius 2 is 2.20 bits per heavy atom. The number of aromatic nitrogens is 2. The summed E-state index contributed by atoms with van der Waals surface area (Å²) in [4.78, 5) is 19.2. The summed E-state index contributed by atoms with van der Waals surface area (Å²) in [6.45, 7) is 1.95. The molecule has 0 saturated carbocycles. The van der Waals surface area contributed by atoms with Gasteiger partial charge in [-0.3, -0.25) is 4.79 Å². The van der Waals surface area contributed by atoms with E-state index < -0.39 is 0 Å². The zero-order valence-electron chi connectivity index (χ0n) is 8.07. The van der Waals surface area contributed by atoms with Gasteiger partial charge in [0.2, 0.25) is 0 Å². The number of aryl methyl sites for hydroxylation is 1. The van der Waals surface area contributed by atoms with Crippen molar-refractivity contribution >= 4 is 32.5 Å². The second-order valence-corrected chi connectivity index (χ2v) is 4.64. The van der Waals surface area contributed by atoms with Crippen molar-refractivity contribution in [2.45, 2.75) is 6.92 Å². The minimum Gasteiger partial charge on any atom is -0.361 e. The lowest BCUT2D eigenvalue weighted by Gasteiger charge is -1.96. The Labute approximate surface area is 89.4 Å². The van der Waals surface area contributed by atoms with Gasteiger partial charge < -0.3 is 4.98 Å². The maximum Gasteiger partial charge on any atom is 0.191 e. The van der Waals surface area contributed by atoms with E-state index in [0.29, 0.717) is 5.39 Å². The first-order valence-electron chi connectivity index (χ1n) is 4.63. The van der Waals surface area contributed by atoms with Gasteiger partial charge in [-0.25, -0.2) is 4.98 Å². The molecule has 74 valence electrons. The molecule has 0 spiro atoms. The number of rotatable bonds is 0. The van der Waals surface area contributed by atoms with Gasteiger partial charge in [0.25, 0.3) is 0 Å². The Morgan fingerprint density at radius 3 is 3.07 bits per heavy atom. The van der Waals surface area contributed by atoms with E-state index in [2.05, 4.69) is 9.97 Å². The molecule has 0 aliphatic carbocycles. The smallest absolute Gasteiger partial charge is 0.191 e. The summed E-state index contributed by atoms with van der Waals surface area (Å²) in [6, 6.07) is 5.46. The van der Waals surface area contributed by atoms with Gasteiger partial charge in [0, 0.05) is 12.3 Å². The number of thiazole rings is 1. The molecule has 0 aliphatic heterocycles. The lowest BCUT2D eigenvalue weighted by Crippen LogP contribution is -2.00. The molecule has 3 nitrogen and oxygen atoms in total. The summed E-state index contributed by atoms with van der Waals surface area (Å²) in [5, 5.41) is 1.68. The summed E-state index contributed by atoms with van der Waals surface area (Å²) < 4.78 is 1.07. The quantitative estimate of drug-likeness (QED) is 0.627. The molecule has 3 aromatic rings. The molecular formula is C11H8N2OS. The van der Waals surface area contributed by atoms with Crippen LogP contribution in [0, 0.1) is 6.92 Å². The van der Waals surface area contributed by atoms with Gasteiger partial charge in [0.15, 0.2) is 5.43 Å². The van der Waals surface area contributed by atoms with Gasteiger partial charge in [-0.1, -0.05) is 0 Å². The molecule has 4 heteroatoms. The van der Waals surface area contributed by atoms with Gasteiger partial charge in [-0.05, 0) is 19.1 Å². The number of hydrogen-bond donors (Lipinski definition) is 1. The van der Waals surface area contributed by atoms with E-state index >= 15 is 0 Å². The van der Waals surface area contributed by atoms with Crippen LogP contribution >= 0.6 is 11.3 Å². The predicted molar refractivity (Wildman–Crippen MR) is 62.5 cm³/mol. The summed E-state index contributed by atoms with van der Waals surface area (Å²) in [7, 11) is 0. The number of fused-ring (bicyclic) bond motifs is 3. The van der Waals surface area contributed by atoms with Crippen LogP contribution in [-0.4, -0.2) is 9.97 Å². The average molecular weight is 216 g/mol. The van der Waals surface area contributed by atoms with Gasteiger partial charge >= 0.3 is 0 Å². The van der Waals surface area contributed by atoms with Crippen LogP contribution in [0.25, 0.3) is 21.1 Å². The van der Waals surface area contributed by atoms with Gasteiger partial charge in [0.1, 0.15) is 0 Å². The third-order valence-electron chi connectivity index (χ3n) is 2.39. The maximum atomic E-state index is 11.7. The van der Waals surface area contributed by atoms with E-state index in [1.54, 1.807) is 17.5 Å². The van der Waals surface area contributed by atoms with Crippen molar-refractivity contribution in [1.82, 2.24) is 9.97 Å². The number of H-pyrrole nitrogens is 1. The molecule has 0 atom stereocenters. The Hall–Kier alpha value is -1.68. The van der Waals surface area contributed by atoms with Crippen LogP contribution in [0.2, 0.25) is 0 Å². The topological polar surface area (TPSA) is 45.8 Å². The van der Waals surface area contributed by atoms with Crippen LogP contribution in [-0.2, 0) is 0 Å². The van der Waals surface area contributed by atoms with Crippen LogP contribution < -0.4 is 5.43 Å². The van der Waals surface area contributed by atoms with Crippen LogP contribution in [0.3, 0.4) is 0 Å². The standard InChI is InChI=1S/C11H8N2OS/c1-6-13-11-9(15-6)3-2-7-10(11)8(14)4-5-12-7/h2-5H,1H3,(H,12,14). The molecule has 0 aliphatic rings. The Kier molecular flexibility index (Phi) is 1.67. The highest BCUT2D eigenvalue weighted by molar-refractivity contribution is 7.18. The zero-order valence-corrected chi connectivity index (χ0v) is 8.89. The third-order valence-corrected chi connectivity index (χ3v) is 3.32. The SMILES string of the molecule is Cc1nc2c(ccc3[nH]ccc(=O)c32)s1. The highest BCUT2D eigenvalue weighted by Gasteiger charge is 2.07. The van der Waals surface area contributed by atoms with Crippen molar-refractivity contribution in [3.05, 3.63) is 39.6 Å². The molecule has 0 saturated heterocycles. The highest BCUT2D eigenvalue weighted by Crippen LogP contribution is 2.25. The molecule has 3 rings (SSSR count). The van der Waals surface area contributed by atoms with Crippen molar-refractivity contribution in [3.8, 4) is 0 Å². The second-order valence-electron chi connectivity index (χ2n) is 3.41. The largest absolute Gasteiger partial charge is 0.361 e. The molecule has 1 aromatic carbocycles. The number of nitrogens with one attached hydrogen (secondary N) is 1. The normalized spacial score (nSPS) is 11.3. The van der Waals surface area contributed by atoms with E-state index in [4.69, 9.17) is 0 Å². The first kappa shape index (κ1) is 8.61. The van der Waals surface area contributed by atoms with E-state index in [-0.39, 0.29) is 5.43 Å². The molecule has 0 amide bonds. The van der Waals surface area contributed by atoms with E-state index in [1.165, 1.54) is 6.07 Å². The lowest BCUT2D eigenvalue weighted by atomic mass is 10.2. The van der Waals surface area contributed by atoms with E-state index in [1.807, 2.05) is 19.1 Å². The fraction of sp³-hybridized carbons (Fsp3) is 0.0909. The molecule has 0 bridgehead atoms. The fourth-order valence-corrected chi connectivity index (χ4v) is 2.60. The lowest BCUT2D eigenvalue weighted by molar-refractivity contribution is 1.34. The first-order chi connectivity index (χ1) is 7.25. The van der Waals surface area contributed by atoms with Crippen molar-refractivity contribution in [2.24, 2.45) is 0 Å². The molecule has 1 N–H and O–H groups in total. The van der Waals surface area contributed by atoms with Gasteiger partial charge in [-0.15, -0.1) is 11.3 Å². The zero-order chi connectivity index (χ0) is 10.4. The summed E-state index contributed by atoms with van der Waals surface area (Å²) in [5.41, 5.74) is 1.69. The number of benzene rings is 1.